The maximum absolute atomic E-state index is 5.42. The molecule has 0 saturated heterocycles. The van der Waals surface area contributed by atoms with E-state index in [4.69, 9.17) is 10.6 Å². The zero-order valence-electron chi connectivity index (χ0n) is 11.7. The van der Waals surface area contributed by atoms with Gasteiger partial charge in [-0.15, -0.1) is 11.3 Å². The number of hydrogen-bond donors (Lipinski definition) is 3. The van der Waals surface area contributed by atoms with Crippen LogP contribution in [0.4, 0.5) is 17.5 Å². The number of thiophene rings is 1. The molecule has 7 heteroatoms. The van der Waals surface area contributed by atoms with E-state index in [9.17, 15) is 0 Å². The molecule has 4 N–H and O–H groups in total. The van der Waals surface area contributed by atoms with Crippen molar-refractivity contribution in [2.24, 2.45) is 5.84 Å². The van der Waals surface area contributed by atoms with Crippen molar-refractivity contribution in [3.8, 4) is 5.75 Å². The summed E-state index contributed by atoms with van der Waals surface area (Å²) in [5.74, 6) is 7.38. The summed E-state index contributed by atoms with van der Waals surface area (Å²) in [5, 5.41) is 6.25. The maximum atomic E-state index is 5.42. The van der Waals surface area contributed by atoms with Gasteiger partial charge in [0.15, 0.2) is 0 Å². The van der Waals surface area contributed by atoms with Crippen LogP contribution in [0, 0.1) is 6.92 Å². The highest BCUT2D eigenvalue weighted by Crippen LogP contribution is 2.30. The van der Waals surface area contributed by atoms with E-state index < -0.39 is 0 Å². The van der Waals surface area contributed by atoms with Crippen molar-refractivity contribution in [2.75, 3.05) is 17.9 Å². The third-order valence-electron chi connectivity index (χ3n) is 3.11. The maximum Gasteiger partial charge on any atom is 0.240 e. The summed E-state index contributed by atoms with van der Waals surface area (Å²) in [7, 11) is 1.66. The molecular formula is C14H15N5OS. The molecule has 0 amide bonds. The van der Waals surface area contributed by atoms with Crippen LogP contribution in [-0.2, 0) is 0 Å². The first-order valence-corrected chi connectivity index (χ1v) is 7.22. The van der Waals surface area contributed by atoms with Gasteiger partial charge in [-0.05, 0) is 42.1 Å². The van der Waals surface area contributed by atoms with Gasteiger partial charge >= 0.3 is 0 Å². The highest BCUT2D eigenvalue weighted by atomic mass is 32.1. The third kappa shape index (κ3) is 2.61. The largest absolute Gasteiger partial charge is 0.496 e. The number of ether oxygens (including phenoxy) is 1. The number of nitrogen functional groups attached to an aromatic ring is 1. The zero-order valence-corrected chi connectivity index (χ0v) is 12.5. The number of hydrogen-bond acceptors (Lipinski definition) is 7. The van der Waals surface area contributed by atoms with Crippen LogP contribution in [0.5, 0.6) is 5.75 Å². The van der Waals surface area contributed by atoms with Crippen molar-refractivity contribution in [3.63, 3.8) is 0 Å². The number of fused-ring (bicyclic) bond motifs is 1. The molecule has 2 aromatic heterocycles. The number of aryl methyl sites for hydroxylation is 1. The van der Waals surface area contributed by atoms with Crippen molar-refractivity contribution in [1.29, 1.82) is 0 Å². The summed E-state index contributed by atoms with van der Waals surface area (Å²) in [4.78, 5) is 9.57. The molecule has 3 rings (SSSR count). The second kappa shape index (κ2) is 5.55. The van der Waals surface area contributed by atoms with Gasteiger partial charge in [-0.25, -0.2) is 10.8 Å². The lowest BCUT2D eigenvalue weighted by atomic mass is 10.2. The standard InChI is InChI=1S/C14H15N5OS/c1-8-7-9(3-4-11(8)20-2)16-12-10-5-6-21-13(10)18-14(17-12)19-15/h3-7H,15H2,1-2H3,(H2,16,17,18,19). The Hall–Kier alpha value is -2.38. The molecule has 3 aromatic rings. The van der Waals surface area contributed by atoms with Gasteiger partial charge in [-0.3, -0.25) is 5.43 Å². The van der Waals surface area contributed by atoms with Gasteiger partial charge in [0.25, 0.3) is 0 Å². The Morgan fingerprint density at radius 1 is 1.24 bits per heavy atom. The lowest BCUT2D eigenvalue weighted by Gasteiger charge is -2.11. The quantitative estimate of drug-likeness (QED) is 0.507. The van der Waals surface area contributed by atoms with E-state index in [1.165, 1.54) is 0 Å². The van der Waals surface area contributed by atoms with E-state index in [1.807, 2.05) is 36.6 Å². The molecule has 0 aliphatic rings. The number of nitrogens with one attached hydrogen (secondary N) is 2. The van der Waals surface area contributed by atoms with E-state index in [1.54, 1.807) is 18.4 Å². The number of hydrazine groups is 1. The van der Waals surface area contributed by atoms with Crippen molar-refractivity contribution in [3.05, 3.63) is 35.2 Å². The predicted molar refractivity (Wildman–Crippen MR) is 86.2 cm³/mol. The molecule has 0 saturated carbocycles. The Bertz CT molecular complexity index is 786. The summed E-state index contributed by atoms with van der Waals surface area (Å²) >= 11 is 1.54. The van der Waals surface area contributed by atoms with Crippen molar-refractivity contribution in [1.82, 2.24) is 9.97 Å². The van der Waals surface area contributed by atoms with Gasteiger partial charge in [0.1, 0.15) is 16.4 Å². The number of benzene rings is 1. The van der Waals surface area contributed by atoms with E-state index >= 15 is 0 Å². The van der Waals surface area contributed by atoms with Gasteiger partial charge in [-0.1, -0.05) is 0 Å². The van der Waals surface area contributed by atoms with Crippen LogP contribution in [-0.4, -0.2) is 17.1 Å². The van der Waals surface area contributed by atoms with Crippen LogP contribution >= 0.6 is 11.3 Å². The number of anilines is 3. The first kappa shape index (κ1) is 13.6. The van der Waals surface area contributed by atoms with Crippen LogP contribution in [0.3, 0.4) is 0 Å². The topological polar surface area (TPSA) is 85.1 Å². The molecule has 0 atom stereocenters. The minimum atomic E-state index is 0.387. The summed E-state index contributed by atoms with van der Waals surface area (Å²) in [6, 6.07) is 7.86. The molecule has 6 nitrogen and oxygen atoms in total. The van der Waals surface area contributed by atoms with Crippen molar-refractivity contribution < 1.29 is 4.74 Å². The molecular weight excluding hydrogens is 286 g/mol. The van der Waals surface area contributed by atoms with Crippen LogP contribution in [0.15, 0.2) is 29.6 Å². The number of methoxy groups -OCH3 is 1. The normalized spacial score (nSPS) is 10.6. The van der Waals surface area contributed by atoms with Crippen molar-refractivity contribution in [2.45, 2.75) is 6.92 Å². The number of nitrogens with zero attached hydrogens (tertiary/aromatic N) is 2. The van der Waals surface area contributed by atoms with Gasteiger partial charge in [0.05, 0.1) is 12.5 Å². The second-order valence-corrected chi connectivity index (χ2v) is 5.38. The first-order chi connectivity index (χ1) is 10.2. The molecule has 2 heterocycles. The molecule has 0 fully saturated rings. The molecule has 108 valence electrons. The molecule has 21 heavy (non-hydrogen) atoms. The molecule has 0 bridgehead atoms. The molecule has 0 aliphatic carbocycles. The summed E-state index contributed by atoms with van der Waals surface area (Å²) in [6.45, 7) is 2.00. The lowest BCUT2D eigenvalue weighted by molar-refractivity contribution is 0.412. The first-order valence-electron chi connectivity index (χ1n) is 6.35. The second-order valence-electron chi connectivity index (χ2n) is 4.49. The SMILES string of the molecule is COc1ccc(Nc2nc(NN)nc3sccc23)cc1C. The third-order valence-corrected chi connectivity index (χ3v) is 3.92. The predicted octanol–water partition coefficient (Wildman–Crippen LogP) is 3.04. The van der Waals surface area contributed by atoms with E-state index in [-0.39, 0.29) is 0 Å². The van der Waals surface area contributed by atoms with Gasteiger partial charge in [0.2, 0.25) is 5.95 Å². The molecule has 0 radical (unpaired) electrons. The summed E-state index contributed by atoms with van der Waals surface area (Å²) in [6.07, 6.45) is 0. The molecule has 1 aromatic carbocycles. The number of rotatable bonds is 4. The Morgan fingerprint density at radius 3 is 2.81 bits per heavy atom. The van der Waals surface area contributed by atoms with Gasteiger partial charge in [0, 0.05) is 5.69 Å². The highest BCUT2D eigenvalue weighted by Gasteiger charge is 2.09. The Kier molecular flexibility index (Phi) is 3.59. The zero-order chi connectivity index (χ0) is 14.8. The monoisotopic (exact) mass is 301 g/mol. The van der Waals surface area contributed by atoms with E-state index in [2.05, 4.69) is 20.7 Å². The fourth-order valence-corrected chi connectivity index (χ4v) is 2.87. The Balaban J connectivity index is 2.01. The minimum Gasteiger partial charge on any atom is -0.496 e. The number of aromatic nitrogens is 2. The molecule has 0 aliphatic heterocycles. The minimum absolute atomic E-state index is 0.387. The fourth-order valence-electron chi connectivity index (χ4n) is 2.11. The van der Waals surface area contributed by atoms with Crippen LogP contribution in [0.2, 0.25) is 0 Å². The van der Waals surface area contributed by atoms with Crippen LogP contribution in [0.1, 0.15) is 5.56 Å². The van der Waals surface area contributed by atoms with E-state index in [0.29, 0.717) is 5.95 Å². The average Bonchev–Trinajstić information content (AvgIpc) is 2.96. The number of nitrogens with two attached hydrogens (primary N) is 1. The summed E-state index contributed by atoms with van der Waals surface area (Å²) in [5.41, 5.74) is 4.47. The molecule has 0 unspecified atom stereocenters. The highest BCUT2D eigenvalue weighted by molar-refractivity contribution is 7.16. The Morgan fingerprint density at radius 2 is 2.10 bits per heavy atom. The van der Waals surface area contributed by atoms with Crippen LogP contribution < -0.4 is 21.3 Å². The van der Waals surface area contributed by atoms with Gasteiger partial charge < -0.3 is 10.1 Å². The van der Waals surface area contributed by atoms with E-state index in [0.717, 1.165) is 33.0 Å². The fraction of sp³-hybridized carbons (Fsp3) is 0.143. The smallest absolute Gasteiger partial charge is 0.240 e. The summed E-state index contributed by atoms with van der Waals surface area (Å²) < 4.78 is 5.27. The lowest BCUT2D eigenvalue weighted by Crippen LogP contribution is -2.11. The molecule has 0 spiro atoms. The van der Waals surface area contributed by atoms with Gasteiger partial charge in [-0.2, -0.15) is 4.98 Å². The average molecular weight is 301 g/mol. The Labute approximate surface area is 126 Å². The van der Waals surface area contributed by atoms with Crippen molar-refractivity contribution >= 4 is 39.0 Å². The van der Waals surface area contributed by atoms with Crippen LogP contribution in [0.25, 0.3) is 10.2 Å².